The molecule has 27 heavy (non-hydrogen) atoms. The SMILES string of the molecule is Cc1c(NC(=S)NC(=O)COc2ccc([N+](=O)[O-])cc2)cccc1[N+](=O)[O-]. The molecule has 10 nitrogen and oxygen atoms in total. The molecule has 0 fully saturated rings. The maximum absolute atomic E-state index is 11.9. The van der Waals surface area contributed by atoms with Gasteiger partial charge < -0.3 is 10.1 Å². The molecule has 2 aromatic carbocycles. The molecule has 1 amide bonds. The third-order valence-corrected chi connectivity index (χ3v) is 3.62. The Balaban J connectivity index is 1.89. The summed E-state index contributed by atoms with van der Waals surface area (Å²) in [6.07, 6.45) is 0. The Bertz CT molecular complexity index is 900. The van der Waals surface area contributed by atoms with Crippen LogP contribution in [0, 0.1) is 27.2 Å². The number of ether oxygens (including phenoxy) is 1. The van der Waals surface area contributed by atoms with E-state index in [-0.39, 0.29) is 28.8 Å². The zero-order valence-corrected chi connectivity index (χ0v) is 14.8. The van der Waals surface area contributed by atoms with Crippen molar-refractivity contribution in [1.82, 2.24) is 5.32 Å². The minimum absolute atomic E-state index is 0.0455. The number of nitro groups is 2. The van der Waals surface area contributed by atoms with Gasteiger partial charge in [-0.2, -0.15) is 0 Å². The van der Waals surface area contributed by atoms with Crippen molar-refractivity contribution < 1.29 is 19.4 Å². The second-order valence-electron chi connectivity index (χ2n) is 5.25. The second kappa shape index (κ2) is 8.67. The highest BCUT2D eigenvalue weighted by atomic mass is 32.1. The van der Waals surface area contributed by atoms with Crippen LogP contribution in [0.2, 0.25) is 0 Å². The molecule has 11 heteroatoms. The monoisotopic (exact) mass is 390 g/mol. The smallest absolute Gasteiger partial charge is 0.274 e. The molecule has 0 aliphatic heterocycles. The fraction of sp³-hybridized carbons (Fsp3) is 0.125. The molecular weight excluding hydrogens is 376 g/mol. The first kappa shape index (κ1) is 19.7. The van der Waals surface area contributed by atoms with Crippen molar-refractivity contribution >= 4 is 40.3 Å². The van der Waals surface area contributed by atoms with E-state index in [1.807, 2.05) is 0 Å². The summed E-state index contributed by atoms with van der Waals surface area (Å²) in [5, 5.41) is 26.6. The van der Waals surface area contributed by atoms with Crippen LogP contribution in [-0.4, -0.2) is 27.5 Å². The third-order valence-electron chi connectivity index (χ3n) is 3.42. The molecule has 0 atom stereocenters. The van der Waals surface area contributed by atoms with E-state index < -0.39 is 15.8 Å². The van der Waals surface area contributed by atoms with Gasteiger partial charge in [0.15, 0.2) is 11.7 Å². The number of non-ortho nitro benzene ring substituents is 1. The summed E-state index contributed by atoms with van der Waals surface area (Å²) >= 11 is 5.01. The first-order valence-corrected chi connectivity index (χ1v) is 7.91. The lowest BCUT2D eigenvalue weighted by molar-refractivity contribution is -0.385. The van der Waals surface area contributed by atoms with Crippen LogP contribution in [0.15, 0.2) is 42.5 Å². The number of carbonyl (C=O) groups is 1. The highest BCUT2D eigenvalue weighted by Crippen LogP contribution is 2.24. The molecule has 0 aromatic heterocycles. The van der Waals surface area contributed by atoms with Gasteiger partial charge in [0.1, 0.15) is 5.75 Å². The lowest BCUT2D eigenvalue weighted by Crippen LogP contribution is -2.37. The largest absolute Gasteiger partial charge is 0.484 e. The number of hydrogen-bond acceptors (Lipinski definition) is 7. The Morgan fingerprint density at radius 1 is 1.11 bits per heavy atom. The number of hydrogen-bond donors (Lipinski definition) is 2. The van der Waals surface area contributed by atoms with E-state index in [1.54, 1.807) is 13.0 Å². The maximum Gasteiger partial charge on any atom is 0.274 e. The molecular formula is C16H14N4O6S. The summed E-state index contributed by atoms with van der Waals surface area (Å²) in [7, 11) is 0. The van der Waals surface area contributed by atoms with E-state index in [9.17, 15) is 25.0 Å². The molecule has 0 saturated carbocycles. The van der Waals surface area contributed by atoms with E-state index in [1.165, 1.54) is 36.4 Å². The lowest BCUT2D eigenvalue weighted by Gasteiger charge is -2.12. The van der Waals surface area contributed by atoms with Crippen LogP contribution in [0.25, 0.3) is 0 Å². The van der Waals surface area contributed by atoms with Gasteiger partial charge in [0.25, 0.3) is 17.3 Å². The van der Waals surface area contributed by atoms with Gasteiger partial charge >= 0.3 is 0 Å². The van der Waals surface area contributed by atoms with E-state index in [0.717, 1.165) is 0 Å². The Morgan fingerprint density at radius 3 is 2.37 bits per heavy atom. The van der Waals surface area contributed by atoms with E-state index in [4.69, 9.17) is 17.0 Å². The van der Waals surface area contributed by atoms with Crippen molar-refractivity contribution in [3.05, 3.63) is 68.3 Å². The van der Waals surface area contributed by atoms with Gasteiger partial charge in [0, 0.05) is 18.2 Å². The average molecular weight is 390 g/mol. The molecule has 2 aromatic rings. The number of anilines is 1. The molecule has 0 bridgehead atoms. The molecule has 0 aliphatic carbocycles. The number of benzene rings is 2. The van der Waals surface area contributed by atoms with Crippen molar-refractivity contribution in [3.63, 3.8) is 0 Å². The first-order chi connectivity index (χ1) is 12.8. The van der Waals surface area contributed by atoms with Crippen LogP contribution in [0.5, 0.6) is 5.75 Å². The van der Waals surface area contributed by atoms with Crippen molar-refractivity contribution in [3.8, 4) is 5.75 Å². The molecule has 0 heterocycles. The maximum atomic E-state index is 11.9. The fourth-order valence-electron chi connectivity index (χ4n) is 2.09. The number of nitro benzene ring substituents is 2. The minimum Gasteiger partial charge on any atom is -0.484 e. The number of rotatable bonds is 6. The quantitative estimate of drug-likeness (QED) is 0.436. The van der Waals surface area contributed by atoms with E-state index in [0.29, 0.717) is 11.3 Å². The van der Waals surface area contributed by atoms with Crippen LogP contribution in [0.3, 0.4) is 0 Å². The Morgan fingerprint density at radius 2 is 1.78 bits per heavy atom. The molecule has 0 saturated heterocycles. The van der Waals surface area contributed by atoms with Crippen molar-refractivity contribution in [2.24, 2.45) is 0 Å². The van der Waals surface area contributed by atoms with Gasteiger partial charge in [0.05, 0.1) is 21.1 Å². The Hall–Kier alpha value is -3.60. The van der Waals surface area contributed by atoms with Crippen LogP contribution < -0.4 is 15.4 Å². The highest BCUT2D eigenvalue weighted by Gasteiger charge is 2.14. The Kier molecular flexibility index (Phi) is 6.33. The van der Waals surface area contributed by atoms with Crippen LogP contribution in [-0.2, 0) is 4.79 Å². The number of carbonyl (C=O) groups excluding carboxylic acids is 1. The zero-order chi connectivity index (χ0) is 20.0. The molecule has 0 unspecified atom stereocenters. The number of nitrogens with zero attached hydrogens (tertiary/aromatic N) is 2. The minimum atomic E-state index is -0.561. The second-order valence-corrected chi connectivity index (χ2v) is 5.66. The van der Waals surface area contributed by atoms with Crippen LogP contribution in [0.4, 0.5) is 17.1 Å². The summed E-state index contributed by atoms with van der Waals surface area (Å²) < 4.78 is 5.22. The van der Waals surface area contributed by atoms with Gasteiger partial charge in [-0.25, -0.2) is 0 Å². The predicted octanol–water partition coefficient (Wildman–Crippen LogP) is 2.70. The standard InChI is InChI=1S/C16H14N4O6S/c1-10-13(3-2-4-14(10)20(24)25)17-16(27)18-15(21)9-26-12-7-5-11(6-8-12)19(22)23/h2-8H,9H2,1H3,(H2,17,18,21,27). The van der Waals surface area contributed by atoms with Gasteiger partial charge in [-0.1, -0.05) is 6.07 Å². The highest BCUT2D eigenvalue weighted by molar-refractivity contribution is 7.80. The number of nitrogens with one attached hydrogen (secondary N) is 2. The number of thiocarbonyl (C=S) groups is 1. The van der Waals surface area contributed by atoms with Gasteiger partial charge in [0.2, 0.25) is 0 Å². The molecule has 140 valence electrons. The lowest BCUT2D eigenvalue weighted by atomic mass is 10.1. The molecule has 0 aliphatic rings. The summed E-state index contributed by atoms with van der Waals surface area (Å²) in [4.78, 5) is 32.3. The molecule has 2 rings (SSSR count). The summed E-state index contributed by atoms with van der Waals surface area (Å²) in [6, 6.07) is 9.70. The van der Waals surface area contributed by atoms with Crippen molar-refractivity contribution in [1.29, 1.82) is 0 Å². The summed E-state index contributed by atoms with van der Waals surface area (Å²) in [5.41, 5.74) is 0.604. The fourth-order valence-corrected chi connectivity index (χ4v) is 2.31. The predicted molar refractivity (Wildman–Crippen MR) is 101 cm³/mol. The summed E-state index contributed by atoms with van der Waals surface area (Å²) in [5.74, 6) is -0.280. The average Bonchev–Trinajstić information content (AvgIpc) is 2.61. The topological polar surface area (TPSA) is 137 Å². The normalized spacial score (nSPS) is 9.96. The zero-order valence-electron chi connectivity index (χ0n) is 14.0. The Labute approximate surface area is 158 Å². The summed E-state index contributed by atoms with van der Waals surface area (Å²) in [6.45, 7) is 1.19. The van der Waals surface area contributed by atoms with Gasteiger partial charge in [-0.05, 0) is 37.3 Å². The van der Waals surface area contributed by atoms with Crippen LogP contribution in [0.1, 0.15) is 5.56 Å². The number of amides is 1. The van der Waals surface area contributed by atoms with Crippen molar-refractivity contribution in [2.45, 2.75) is 6.92 Å². The molecule has 2 N–H and O–H groups in total. The van der Waals surface area contributed by atoms with Gasteiger partial charge in [-0.15, -0.1) is 0 Å². The molecule has 0 radical (unpaired) electrons. The first-order valence-electron chi connectivity index (χ1n) is 7.50. The van der Waals surface area contributed by atoms with Gasteiger partial charge in [-0.3, -0.25) is 30.3 Å². The van der Waals surface area contributed by atoms with E-state index >= 15 is 0 Å². The van der Waals surface area contributed by atoms with Crippen molar-refractivity contribution in [2.75, 3.05) is 11.9 Å². The third kappa shape index (κ3) is 5.44. The van der Waals surface area contributed by atoms with Crippen LogP contribution >= 0.6 is 12.2 Å². The van der Waals surface area contributed by atoms with E-state index in [2.05, 4.69) is 10.6 Å². The molecule has 0 spiro atoms.